The van der Waals surface area contributed by atoms with Crippen molar-refractivity contribution in [2.24, 2.45) is 11.8 Å². The summed E-state index contributed by atoms with van der Waals surface area (Å²) in [5.74, 6) is -2.68. The number of alkyl halides is 2. The maximum absolute atomic E-state index is 13.8. The van der Waals surface area contributed by atoms with Crippen molar-refractivity contribution >= 4 is 11.7 Å². The number of carbonyl (C=O) groups excluding carboxylic acids is 1. The second-order valence-corrected chi connectivity index (χ2v) is 7.85. The zero-order chi connectivity index (χ0) is 18.4. The fourth-order valence-corrected chi connectivity index (χ4v) is 3.46. The molecule has 2 heterocycles. The SMILES string of the molecule is CC(C)(C)OC(=O)N1CC2C=C(c3nccnc3C(C)(F)F)CC2C1. The lowest BCUT2D eigenvalue weighted by atomic mass is 9.99. The molecule has 0 N–H and O–H groups in total. The Morgan fingerprint density at radius 2 is 1.88 bits per heavy atom. The minimum Gasteiger partial charge on any atom is -0.444 e. The fraction of sp³-hybridized carbons (Fsp3) is 0.611. The van der Waals surface area contributed by atoms with E-state index in [2.05, 4.69) is 9.97 Å². The van der Waals surface area contributed by atoms with Crippen LogP contribution in [0.25, 0.3) is 5.57 Å². The molecule has 7 heteroatoms. The third-order valence-electron chi connectivity index (χ3n) is 4.46. The van der Waals surface area contributed by atoms with Gasteiger partial charge in [-0.25, -0.2) is 4.79 Å². The Hall–Kier alpha value is -2.05. The minimum absolute atomic E-state index is 0.142. The molecule has 2 unspecified atom stereocenters. The van der Waals surface area contributed by atoms with E-state index >= 15 is 0 Å². The van der Waals surface area contributed by atoms with Gasteiger partial charge in [-0.05, 0) is 38.7 Å². The maximum atomic E-state index is 13.8. The summed E-state index contributed by atoms with van der Waals surface area (Å²) in [4.78, 5) is 21.9. The molecule has 0 aromatic carbocycles. The Kier molecular flexibility index (Phi) is 4.29. The van der Waals surface area contributed by atoms with Gasteiger partial charge in [0.2, 0.25) is 0 Å². The molecule has 1 amide bonds. The molecule has 25 heavy (non-hydrogen) atoms. The first-order chi connectivity index (χ1) is 11.5. The van der Waals surface area contributed by atoms with Crippen LogP contribution >= 0.6 is 0 Å². The number of carbonyl (C=O) groups is 1. The number of halogens is 2. The van der Waals surface area contributed by atoms with Gasteiger partial charge in [-0.1, -0.05) is 6.08 Å². The van der Waals surface area contributed by atoms with Crippen LogP contribution in [0.3, 0.4) is 0 Å². The number of hydrogen-bond acceptors (Lipinski definition) is 4. The van der Waals surface area contributed by atoms with Crippen molar-refractivity contribution in [3.8, 4) is 0 Å². The summed E-state index contributed by atoms with van der Waals surface area (Å²) in [6.45, 7) is 7.45. The van der Waals surface area contributed by atoms with Gasteiger partial charge < -0.3 is 9.64 Å². The monoisotopic (exact) mass is 351 g/mol. The van der Waals surface area contributed by atoms with E-state index in [1.807, 2.05) is 26.8 Å². The first kappa shape index (κ1) is 17.8. The summed E-state index contributed by atoms with van der Waals surface area (Å²) in [5, 5.41) is 0. The first-order valence-electron chi connectivity index (χ1n) is 8.43. The standard InChI is InChI=1S/C18H23F2N3O2/c1-17(2,3)25-16(24)23-9-12-7-11(8-13(12)10-23)14-15(18(4,19)20)22-6-5-21-14/h5-7,12-13H,8-10H2,1-4H3. The molecule has 1 aliphatic carbocycles. The summed E-state index contributed by atoms with van der Waals surface area (Å²) in [7, 11) is 0. The summed E-state index contributed by atoms with van der Waals surface area (Å²) in [6.07, 6.45) is 4.99. The van der Waals surface area contributed by atoms with Crippen molar-refractivity contribution in [1.82, 2.24) is 14.9 Å². The highest BCUT2D eigenvalue weighted by molar-refractivity contribution is 5.71. The molecule has 0 radical (unpaired) electrons. The van der Waals surface area contributed by atoms with Gasteiger partial charge in [0.1, 0.15) is 11.3 Å². The van der Waals surface area contributed by atoms with Crippen LogP contribution in [-0.4, -0.2) is 39.7 Å². The Labute approximate surface area is 146 Å². The molecule has 2 atom stereocenters. The average molecular weight is 351 g/mol. The normalized spacial score (nSPS) is 23.4. The lowest BCUT2D eigenvalue weighted by molar-refractivity contribution is 0.0120. The Morgan fingerprint density at radius 1 is 1.20 bits per heavy atom. The predicted molar refractivity (Wildman–Crippen MR) is 89.0 cm³/mol. The Balaban J connectivity index is 1.75. The van der Waals surface area contributed by atoms with Gasteiger partial charge in [-0.3, -0.25) is 9.97 Å². The number of hydrogen-bond donors (Lipinski definition) is 0. The molecule has 1 aromatic rings. The Bertz CT molecular complexity index is 707. The number of fused-ring (bicyclic) bond motifs is 1. The highest BCUT2D eigenvalue weighted by Gasteiger charge is 2.41. The van der Waals surface area contributed by atoms with E-state index in [0.29, 0.717) is 19.5 Å². The van der Waals surface area contributed by atoms with Gasteiger partial charge in [0.15, 0.2) is 0 Å². The number of nitrogens with zero attached hydrogens (tertiary/aromatic N) is 3. The zero-order valence-electron chi connectivity index (χ0n) is 14.9. The molecule has 3 rings (SSSR count). The van der Waals surface area contributed by atoms with Crippen LogP contribution in [0.15, 0.2) is 18.5 Å². The molecule has 0 spiro atoms. The quantitative estimate of drug-likeness (QED) is 0.812. The van der Waals surface area contributed by atoms with E-state index in [9.17, 15) is 13.6 Å². The van der Waals surface area contributed by atoms with Crippen molar-refractivity contribution in [2.45, 2.75) is 45.6 Å². The van der Waals surface area contributed by atoms with E-state index < -0.39 is 11.5 Å². The minimum atomic E-state index is -3.04. The number of ether oxygens (including phenoxy) is 1. The highest BCUT2D eigenvalue weighted by atomic mass is 19.3. The molecule has 136 valence electrons. The molecule has 1 aromatic heterocycles. The molecule has 1 saturated heterocycles. The van der Waals surface area contributed by atoms with Crippen LogP contribution < -0.4 is 0 Å². The topological polar surface area (TPSA) is 55.3 Å². The van der Waals surface area contributed by atoms with Crippen molar-refractivity contribution in [3.05, 3.63) is 29.9 Å². The van der Waals surface area contributed by atoms with E-state index in [0.717, 1.165) is 12.5 Å². The van der Waals surface area contributed by atoms with E-state index in [1.54, 1.807) is 4.90 Å². The van der Waals surface area contributed by atoms with E-state index in [-0.39, 0.29) is 29.3 Å². The number of likely N-dealkylation sites (tertiary alicyclic amines) is 1. The van der Waals surface area contributed by atoms with Crippen LogP contribution in [0.2, 0.25) is 0 Å². The maximum Gasteiger partial charge on any atom is 0.410 e. The highest BCUT2D eigenvalue weighted by Crippen LogP contribution is 2.43. The number of allylic oxidation sites excluding steroid dienone is 1. The van der Waals surface area contributed by atoms with Crippen molar-refractivity contribution in [2.75, 3.05) is 13.1 Å². The van der Waals surface area contributed by atoms with Crippen LogP contribution in [0.1, 0.15) is 45.5 Å². The summed E-state index contributed by atoms with van der Waals surface area (Å²) >= 11 is 0. The molecular formula is C18H23F2N3O2. The smallest absolute Gasteiger partial charge is 0.410 e. The van der Waals surface area contributed by atoms with Crippen molar-refractivity contribution < 1.29 is 18.3 Å². The van der Waals surface area contributed by atoms with Crippen molar-refractivity contribution in [1.29, 1.82) is 0 Å². The van der Waals surface area contributed by atoms with Gasteiger partial charge >= 0.3 is 6.09 Å². The zero-order valence-corrected chi connectivity index (χ0v) is 14.9. The molecule has 0 bridgehead atoms. The molecule has 2 aliphatic rings. The Morgan fingerprint density at radius 3 is 2.48 bits per heavy atom. The van der Waals surface area contributed by atoms with Crippen LogP contribution in [0.5, 0.6) is 0 Å². The summed E-state index contributed by atoms with van der Waals surface area (Å²) in [5.41, 5.74) is 0.249. The van der Waals surface area contributed by atoms with Gasteiger partial charge in [-0.2, -0.15) is 8.78 Å². The number of aromatic nitrogens is 2. The molecule has 1 fully saturated rings. The van der Waals surface area contributed by atoms with Crippen LogP contribution in [0.4, 0.5) is 13.6 Å². The lowest BCUT2D eigenvalue weighted by Gasteiger charge is -2.24. The fourth-order valence-electron chi connectivity index (χ4n) is 3.46. The number of amides is 1. The van der Waals surface area contributed by atoms with Gasteiger partial charge in [0.05, 0.1) is 5.69 Å². The molecular weight excluding hydrogens is 328 g/mol. The van der Waals surface area contributed by atoms with E-state index in [4.69, 9.17) is 4.74 Å². The molecule has 0 saturated carbocycles. The molecule has 1 aliphatic heterocycles. The summed E-state index contributed by atoms with van der Waals surface area (Å²) in [6, 6.07) is 0. The number of rotatable bonds is 2. The van der Waals surface area contributed by atoms with Crippen molar-refractivity contribution in [3.63, 3.8) is 0 Å². The first-order valence-corrected chi connectivity index (χ1v) is 8.43. The van der Waals surface area contributed by atoms with Gasteiger partial charge in [0.25, 0.3) is 5.92 Å². The second-order valence-electron chi connectivity index (χ2n) is 7.85. The van der Waals surface area contributed by atoms with E-state index in [1.165, 1.54) is 12.4 Å². The average Bonchev–Trinajstić information content (AvgIpc) is 3.03. The predicted octanol–water partition coefficient (Wildman–Crippen LogP) is 3.86. The van der Waals surface area contributed by atoms with Gasteiger partial charge in [-0.15, -0.1) is 0 Å². The largest absolute Gasteiger partial charge is 0.444 e. The second kappa shape index (κ2) is 6.04. The lowest BCUT2D eigenvalue weighted by Crippen LogP contribution is -2.35. The van der Waals surface area contributed by atoms with Crippen LogP contribution in [-0.2, 0) is 10.7 Å². The van der Waals surface area contributed by atoms with Crippen LogP contribution in [0, 0.1) is 11.8 Å². The molecule has 5 nitrogen and oxygen atoms in total. The summed E-state index contributed by atoms with van der Waals surface area (Å²) < 4.78 is 33.0. The third-order valence-corrected chi connectivity index (χ3v) is 4.46. The third kappa shape index (κ3) is 3.80. The van der Waals surface area contributed by atoms with Gasteiger partial charge in [0, 0.05) is 38.3 Å².